The Bertz CT molecular complexity index is 1330. The highest BCUT2D eigenvalue weighted by molar-refractivity contribution is 5.56. The van der Waals surface area contributed by atoms with E-state index in [-0.39, 0.29) is 6.61 Å². The van der Waals surface area contributed by atoms with E-state index in [4.69, 9.17) is 23.7 Å². The van der Waals surface area contributed by atoms with Crippen molar-refractivity contribution in [1.29, 1.82) is 0 Å². The summed E-state index contributed by atoms with van der Waals surface area (Å²) in [7, 11) is 1.57. The van der Waals surface area contributed by atoms with Gasteiger partial charge in [-0.15, -0.1) is 15.3 Å². The highest BCUT2D eigenvalue weighted by atomic mass is 16.5. The number of pyridine rings is 1. The van der Waals surface area contributed by atoms with Crippen LogP contribution in [0, 0.1) is 18.8 Å². The summed E-state index contributed by atoms with van der Waals surface area (Å²) in [6.07, 6.45) is 4.44. The van der Waals surface area contributed by atoms with Crippen LogP contribution < -0.4 is 9.47 Å². The summed E-state index contributed by atoms with van der Waals surface area (Å²) in [6.45, 7) is 3.91. The van der Waals surface area contributed by atoms with Crippen molar-refractivity contribution in [1.82, 2.24) is 30.0 Å². The Labute approximate surface area is 196 Å². The highest BCUT2D eigenvalue weighted by Gasteiger charge is 2.29. The fourth-order valence-electron chi connectivity index (χ4n) is 4.91. The van der Waals surface area contributed by atoms with Crippen molar-refractivity contribution in [3.63, 3.8) is 0 Å². The summed E-state index contributed by atoms with van der Waals surface area (Å²) in [5.74, 6) is 3.34. The van der Waals surface area contributed by atoms with Crippen LogP contribution in [0.4, 0.5) is 0 Å². The molecule has 0 radical (unpaired) electrons. The fraction of sp³-hybridized carbons (Fsp3) is 0.458. The van der Waals surface area contributed by atoms with Crippen LogP contribution in [0.15, 0.2) is 28.8 Å². The molecule has 0 amide bonds. The molecule has 0 aromatic carbocycles. The summed E-state index contributed by atoms with van der Waals surface area (Å²) in [4.78, 5) is 4.89. The summed E-state index contributed by atoms with van der Waals surface area (Å²) < 4.78 is 23.9. The number of hydrogen-bond acceptors (Lipinski definition) is 9. The summed E-state index contributed by atoms with van der Waals surface area (Å²) >= 11 is 0. The number of aryl methyl sites for hydroxylation is 2. The van der Waals surface area contributed by atoms with Crippen LogP contribution in [-0.2, 0) is 24.2 Å². The van der Waals surface area contributed by atoms with Gasteiger partial charge in [-0.3, -0.25) is 4.98 Å². The van der Waals surface area contributed by atoms with Crippen LogP contribution in [0.2, 0.25) is 0 Å². The van der Waals surface area contributed by atoms with E-state index >= 15 is 0 Å². The molecule has 10 nitrogen and oxygen atoms in total. The van der Waals surface area contributed by atoms with Crippen LogP contribution in [0.25, 0.3) is 17.2 Å². The Morgan fingerprint density at radius 2 is 2.09 bits per heavy atom. The van der Waals surface area contributed by atoms with Gasteiger partial charge in [0.15, 0.2) is 17.1 Å². The Balaban J connectivity index is 1.21. The van der Waals surface area contributed by atoms with Crippen LogP contribution in [0.1, 0.15) is 35.6 Å². The van der Waals surface area contributed by atoms with Crippen molar-refractivity contribution < 1.29 is 18.7 Å². The number of rotatable bonds is 6. The maximum atomic E-state index is 6.05. The molecule has 1 aliphatic heterocycles. The van der Waals surface area contributed by atoms with Gasteiger partial charge in [-0.2, -0.15) is 4.52 Å². The first-order valence-electron chi connectivity index (χ1n) is 11.6. The zero-order valence-corrected chi connectivity index (χ0v) is 19.2. The van der Waals surface area contributed by atoms with Gasteiger partial charge in [-0.25, -0.2) is 0 Å². The maximum Gasteiger partial charge on any atom is 0.275 e. The van der Waals surface area contributed by atoms with E-state index in [0.29, 0.717) is 46.4 Å². The van der Waals surface area contributed by atoms with Gasteiger partial charge in [-0.05, 0) is 56.1 Å². The topological polar surface area (TPSA) is 110 Å². The third-order valence-corrected chi connectivity index (χ3v) is 6.75. The predicted molar refractivity (Wildman–Crippen MR) is 121 cm³/mol. The molecule has 4 aromatic rings. The molecule has 0 N–H and O–H groups in total. The van der Waals surface area contributed by atoms with E-state index in [9.17, 15) is 0 Å². The lowest BCUT2D eigenvalue weighted by atomic mass is 9.78. The van der Waals surface area contributed by atoms with Crippen molar-refractivity contribution in [3.8, 4) is 23.1 Å². The van der Waals surface area contributed by atoms with Crippen molar-refractivity contribution >= 4 is 5.65 Å². The van der Waals surface area contributed by atoms with Gasteiger partial charge in [0.25, 0.3) is 5.88 Å². The Kier molecular flexibility index (Phi) is 5.37. The van der Waals surface area contributed by atoms with Gasteiger partial charge in [0.2, 0.25) is 5.82 Å². The molecule has 2 aliphatic rings. The molecule has 5 heterocycles. The summed E-state index contributed by atoms with van der Waals surface area (Å²) in [6, 6.07) is 7.75. The highest BCUT2D eigenvalue weighted by Crippen LogP contribution is 2.34. The molecule has 34 heavy (non-hydrogen) atoms. The molecule has 6 rings (SSSR count). The molecule has 0 bridgehead atoms. The third kappa shape index (κ3) is 3.87. The van der Waals surface area contributed by atoms with Gasteiger partial charge >= 0.3 is 0 Å². The van der Waals surface area contributed by atoms with E-state index in [0.717, 1.165) is 31.7 Å². The number of nitrogens with zero attached hydrogens (tertiary/aromatic N) is 6. The second-order valence-electron chi connectivity index (χ2n) is 8.96. The number of fused-ring (bicyclic) bond motifs is 2. The van der Waals surface area contributed by atoms with Crippen molar-refractivity contribution in [3.05, 3.63) is 47.0 Å². The lowest BCUT2D eigenvalue weighted by Crippen LogP contribution is -2.24. The first-order chi connectivity index (χ1) is 16.7. The minimum absolute atomic E-state index is 0.280. The van der Waals surface area contributed by atoms with E-state index in [1.54, 1.807) is 23.8 Å². The van der Waals surface area contributed by atoms with E-state index < -0.39 is 0 Å². The van der Waals surface area contributed by atoms with E-state index in [1.165, 1.54) is 24.1 Å². The Morgan fingerprint density at radius 1 is 1.15 bits per heavy atom. The lowest BCUT2D eigenvalue weighted by molar-refractivity contribution is 0.167. The van der Waals surface area contributed by atoms with E-state index in [1.807, 2.05) is 13.0 Å². The van der Waals surface area contributed by atoms with Crippen molar-refractivity contribution in [2.24, 2.45) is 11.8 Å². The molecule has 2 atom stereocenters. The first-order valence-corrected chi connectivity index (χ1v) is 11.6. The molecule has 1 aliphatic carbocycles. The standard InChI is InChI=1S/C24H26N6O4/c1-14-9-20(29-34-14)23-27-26-22-11-21(31-2)24(28-30(22)23)33-13-18-5-3-16-10-15(4-6-19(16)25-18)17-7-8-32-12-17/h3,5,9,11,15,17H,4,6-8,10,12-13H2,1-2H3/t15?,17-/m1/s1. The minimum atomic E-state index is 0.280. The van der Waals surface area contributed by atoms with Gasteiger partial charge in [0, 0.05) is 31.0 Å². The molecular formula is C24H26N6O4. The molecule has 10 heteroatoms. The number of aromatic nitrogens is 6. The number of methoxy groups -OCH3 is 1. The molecule has 0 spiro atoms. The van der Waals surface area contributed by atoms with Crippen molar-refractivity contribution in [2.45, 2.75) is 39.2 Å². The van der Waals surface area contributed by atoms with Gasteiger partial charge in [-0.1, -0.05) is 11.2 Å². The smallest absolute Gasteiger partial charge is 0.275 e. The SMILES string of the molecule is COc1cc2nnc(-c3cc(C)on3)n2nc1OCc1ccc2c(n1)CCC([C@@H]1CCOC1)C2. The van der Waals surface area contributed by atoms with Crippen molar-refractivity contribution in [2.75, 3.05) is 20.3 Å². The molecule has 1 fully saturated rings. The molecule has 0 saturated carbocycles. The largest absolute Gasteiger partial charge is 0.491 e. The molecule has 176 valence electrons. The second-order valence-corrected chi connectivity index (χ2v) is 8.96. The zero-order valence-electron chi connectivity index (χ0n) is 19.2. The maximum absolute atomic E-state index is 6.05. The zero-order chi connectivity index (χ0) is 23.1. The lowest BCUT2D eigenvalue weighted by Gasteiger charge is -2.28. The molecule has 1 unspecified atom stereocenters. The second kappa shape index (κ2) is 8.68. The quantitative estimate of drug-likeness (QED) is 0.426. The van der Waals surface area contributed by atoms with Gasteiger partial charge in [0.05, 0.1) is 12.8 Å². The third-order valence-electron chi connectivity index (χ3n) is 6.75. The first kappa shape index (κ1) is 21.0. The number of ether oxygens (including phenoxy) is 3. The normalized spacial score (nSPS) is 19.9. The Morgan fingerprint density at radius 3 is 2.88 bits per heavy atom. The van der Waals surface area contributed by atoms with Gasteiger partial charge in [0.1, 0.15) is 12.4 Å². The Hall–Kier alpha value is -3.53. The monoisotopic (exact) mass is 462 g/mol. The average molecular weight is 463 g/mol. The molecule has 4 aromatic heterocycles. The predicted octanol–water partition coefficient (Wildman–Crippen LogP) is 3.21. The summed E-state index contributed by atoms with van der Waals surface area (Å²) in [5, 5.41) is 17.0. The van der Waals surface area contributed by atoms with Crippen LogP contribution in [0.5, 0.6) is 11.6 Å². The average Bonchev–Trinajstić information content (AvgIpc) is 3.62. The van der Waals surface area contributed by atoms with Crippen LogP contribution in [-0.4, -0.2) is 50.3 Å². The molecule has 1 saturated heterocycles. The van der Waals surface area contributed by atoms with Crippen LogP contribution >= 0.6 is 0 Å². The minimum Gasteiger partial charge on any atom is -0.491 e. The number of hydrogen-bond donors (Lipinski definition) is 0. The molecular weight excluding hydrogens is 436 g/mol. The fourth-order valence-corrected chi connectivity index (χ4v) is 4.91. The van der Waals surface area contributed by atoms with Crippen LogP contribution in [0.3, 0.4) is 0 Å². The summed E-state index contributed by atoms with van der Waals surface area (Å²) in [5.41, 5.74) is 4.46. The van der Waals surface area contributed by atoms with E-state index in [2.05, 4.69) is 26.5 Å². The van der Waals surface area contributed by atoms with Gasteiger partial charge < -0.3 is 18.7 Å².